The zero-order valence-electron chi connectivity index (χ0n) is 19.6. The molecule has 0 aromatic heterocycles. The lowest BCUT2D eigenvalue weighted by atomic mass is 9.46. The summed E-state index contributed by atoms with van der Waals surface area (Å²) in [4.78, 5) is 25.0. The van der Waals surface area contributed by atoms with Crippen LogP contribution in [0.5, 0.6) is 0 Å². The highest BCUT2D eigenvalue weighted by atomic mass is 16.6. The maximum Gasteiger partial charge on any atom is 0.330 e. The van der Waals surface area contributed by atoms with Gasteiger partial charge in [-0.1, -0.05) is 20.4 Å². The molecular weight excluding hydrogens is 388 g/mol. The van der Waals surface area contributed by atoms with E-state index >= 15 is 0 Å². The number of hydrogen-bond acceptors (Lipinski definition) is 4. The molecule has 0 spiro atoms. The van der Waals surface area contributed by atoms with Gasteiger partial charge in [0, 0.05) is 12.0 Å². The Morgan fingerprint density at radius 3 is 2.13 bits per heavy atom. The van der Waals surface area contributed by atoms with Crippen molar-refractivity contribution in [2.45, 2.75) is 90.3 Å². The summed E-state index contributed by atoms with van der Waals surface area (Å²) < 4.78 is 12.1. The number of carbonyl (C=O) groups is 2. The van der Waals surface area contributed by atoms with Crippen LogP contribution in [0.4, 0.5) is 0 Å². The molecular formula is C27H40O4. The zero-order valence-corrected chi connectivity index (χ0v) is 19.6. The van der Waals surface area contributed by atoms with Crippen LogP contribution < -0.4 is 0 Å². The van der Waals surface area contributed by atoms with Crippen LogP contribution in [0.25, 0.3) is 0 Å². The van der Waals surface area contributed by atoms with Gasteiger partial charge in [-0.05, 0) is 106 Å². The summed E-state index contributed by atoms with van der Waals surface area (Å²) >= 11 is 0. The molecule has 4 nitrogen and oxygen atoms in total. The number of fused-ring (bicyclic) bond motifs is 2. The molecule has 6 bridgehead atoms. The highest BCUT2D eigenvalue weighted by Gasteiger charge is 2.66. The molecule has 6 atom stereocenters. The molecule has 6 fully saturated rings. The van der Waals surface area contributed by atoms with Crippen LogP contribution in [0.3, 0.4) is 0 Å². The molecule has 0 aromatic rings. The SMILES string of the molecule is C=CC(=O)OC(C)CC(C)C(=O)OC1(C2CC3CC2CC3C)C2CC3CC(C2)CC1C3. The number of carbonyl (C=O) groups excluding carboxylic acids is 2. The minimum absolute atomic E-state index is 0.0650. The average Bonchev–Trinajstić information content (AvgIpc) is 3.29. The lowest BCUT2D eigenvalue weighted by molar-refractivity contribution is -0.238. The van der Waals surface area contributed by atoms with Gasteiger partial charge >= 0.3 is 11.9 Å². The van der Waals surface area contributed by atoms with Gasteiger partial charge in [0.2, 0.25) is 0 Å². The third-order valence-electron chi connectivity index (χ3n) is 10.1. The summed E-state index contributed by atoms with van der Waals surface area (Å²) in [6.07, 6.45) is 11.8. The molecule has 6 aliphatic carbocycles. The summed E-state index contributed by atoms with van der Waals surface area (Å²) in [5.41, 5.74) is -0.223. The molecule has 0 saturated heterocycles. The van der Waals surface area contributed by atoms with Gasteiger partial charge in [-0.2, -0.15) is 0 Å². The number of rotatable bonds is 7. The van der Waals surface area contributed by atoms with E-state index in [1.54, 1.807) is 0 Å². The summed E-state index contributed by atoms with van der Waals surface area (Å²) in [6.45, 7) is 9.67. The van der Waals surface area contributed by atoms with E-state index in [1.165, 1.54) is 57.4 Å². The van der Waals surface area contributed by atoms with Gasteiger partial charge in [0.1, 0.15) is 11.7 Å². The van der Waals surface area contributed by atoms with E-state index in [4.69, 9.17) is 9.47 Å². The Balaban J connectivity index is 1.36. The number of ether oxygens (including phenoxy) is 2. The molecule has 0 N–H and O–H groups in total. The van der Waals surface area contributed by atoms with E-state index < -0.39 is 5.97 Å². The Hall–Kier alpha value is -1.32. The van der Waals surface area contributed by atoms with Crippen molar-refractivity contribution in [3.63, 3.8) is 0 Å². The maximum absolute atomic E-state index is 13.5. The maximum atomic E-state index is 13.5. The second-order valence-electron chi connectivity index (χ2n) is 12.0. The van der Waals surface area contributed by atoms with Crippen LogP contribution in [-0.2, 0) is 19.1 Å². The fourth-order valence-corrected chi connectivity index (χ4v) is 9.05. The fourth-order valence-electron chi connectivity index (χ4n) is 9.05. The molecule has 0 radical (unpaired) electrons. The van der Waals surface area contributed by atoms with Crippen molar-refractivity contribution >= 4 is 11.9 Å². The predicted octanol–water partition coefficient (Wildman–Crippen LogP) is 5.55. The third kappa shape index (κ3) is 3.56. The van der Waals surface area contributed by atoms with Crippen LogP contribution in [0.1, 0.15) is 78.6 Å². The van der Waals surface area contributed by atoms with Crippen LogP contribution in [0.15, 0.2) is 12.7 Å². The van der Waals surface area contributed by atoms with Crippen molar-refractivity contribution in [3.8, 4) is 0 Å². The second kappa shape index (κ2) is 7.92. The van der Waals surface area contributed by atoms with Crippen LogP contribution in [0, 0.1) is 53.3 Å². The monoisotopic (exact) mass is 428 g/mol. The molecule has 4 heteroatoms. The van der Waals surface area contributed by atoms with E-state index in [2.05, 4.69) is 13.5 Å². The predicted molar refractivity (Wildman–Crippen MR) is 119 cm³/mol. The summed E-state index contributed by atoms with van der Waals surface area (Å²) in [5, 5.41) is 0. The quantitative estimate of drug-likeness (QED) is 0.394. The number of hydrogen-bond donors (Lipinski definition) is 0. The average molecular weight is 429 g/mol. The molecule has 0 aliphatic heterocycles. The molecule has 0 amide bonds. The minimum Gasteiger partial charge on any atom is -0.460 e. The summed E-state index contributed by atoms with van der Waals surface area (Å²) in [5.74, 6) is 5.08. The van der Waals surface area contributed by atoms with E-state index in [1.807, 2.05) is 13.8 Å². The highest BCUT2D eigenvalue weighted by molar-refractivity contribution is 5.81. The Kier molecular flexibility index (Phi) is 5.50. The van der Waals surface area contributed by atoms with Crippen molar-refractivity contribution in [2.75, 3.05) is 0 Å². The molecule has 6 saturated carbocycles. The summed E-state index contributed by atoms with van der Waals surface area (Å²) in [6, 6.07) is 0. The van der Waals surface area contributed by atoms with Gasteiger partial charge in [-0.25, -0.2) is 4.79 Å². The van der Waals surface area contributed by atoms with E-state index in [9.17, 15) is 9.59 Å². The lowest BCUT2D eigenvalue weighted by Crippen LogP contribution is -2.64. The van der Waals surface area contributed by atoms with Gasteiger partial charge < -0.3 is 9.47 Å². The van der Waals surface area contributed by atoms with Crippen molar-refractivity contribution < 1.29 is 19.1 Å². The van der Waals surface area contributed by atoms with E-state index in [-0.39, 0.29) is 23.6 Å². The van der Waals surface area contributed by atoms with E-state index in [0.29, 0.717) is 24.2 Å². The number of esters is 2. The largest absolute Gasteiger partial charge is 0.460 e. The molecule has 6 unspecified atom stereocenters. The minimum atomic E-state index is -0.429. The lowest BCUT2D eigenvalue weighted by Gasteiger charge is -2.63. The normalized spacial score (nSPS) is 46.5. The van der Waals surface area contributed by atoms with Crippen LogP contribution in [-0.4, -0.2) is 23.6 Å². The fraction of sp³-hybridized carbons (Fsp3) is 0.852. The van der Waals surface area contributed by atoms with E-state index in [0.717, 1.165) is 29.6 Å². The second-order valence-corrected chi connectivity index (χ2v) is 12.0. The van der Waals surface area contributed by atoms with Gasteiger partial charge in [0.15, 0.2) is 0 Å². The van der Waals surface area contributed by atoms with Crippen molar-refractivity contribution in [1.29, 1.82) is 0 Å². The molecule has 0 heterocycles. The molecule has 0 aromatic carbocycles. The first-order chi connectivity index (χ1) is 14.8. The van der Waals surface area contributed by atoms with Gasteiger partial charge in [0.05, 0.1) is 5.92 Å². The molecule has 6 aliphatic rings. The van der Waals surface area contributed by atoms with Gasteiger partial charge in [0.25, 0.3) is 0 Å². The Bertz CT molecular complexity index is 712. The van der Waals surface area contributed by atoms with Gasteiger partial charge in [-0.3, -0.25) is 4.79 Å². The Morgan fingerprint density at radius 2 is 1.61 bits per heavy atom. The first-order valence-electron chi connectivity index (χ1n) is 12.9. The molecule has 6 rings (SSSR count). The first kappa shape index (κ1) is 21.5. The molecule has 172 valence electrons. The first-order valence-corrected chi connectivity index (χ1v) is 12.9. The van der Waals surface area contributed by atoms with Crippen molar-refractivity contribution in [1.82, 2.24) is 0 Å². The smallest absolute Gasteiger partial charge is 0.330 e. The van der Waals surface area contributed by atoms with Crippen LogP contribution >= 0.6 is 0 Å². The third-order valence-corrected chi connectivity index (χ3v) is 10.1. The van der Waals surface area contributed by atoms with Crippen LogP contribution in [0.2, 0.25) is 0 Å². The molecule has 31 heavy (non-hydrogen) atoms. The Labute approximate surface area is 187 Å². The van der Waals surface area contributed by atoms with Crippen molar-refractivity contribution in [2.24, 2.45) is 53.3 Å². The zero-order chi connectivity index (χ0) is 21.9. The van der Waals surface area contributed by atoms with Gasteiger partial charge in [-0.15, -0.1) is 0 Å². The standard InChI is InChI=1S/C27H40O4/c1-5-25(28)30-17(4)6-16(3)26(29)31-27(24-14-20-13-21(24)7-15(20)2)22-9-18-8-19(11-22)12-23(27)10-18/h5,15-24H,1,6-14H2,2-4H3. The van der Waals surface area contributed by atoms with Crippen molar-refractivity contribution in [3.05, 3.63) is 12.7 Å². The highest BCUT2D eigenvalue weighted by Crippen LogP contribution is 2.67. The Morgan fingerprint density at radius 1 is 0.968 bits per heavy atom. The topological polar surface area (TPSA) is 52.6 Å². The summed E-state index contributed by atoms with van der Waals surface area (Å²) in [7, 11) is 0.